The summed E-state index contributed by atoms with van der Waals surface area (Å²) in [4.78, 5) is 19.3. The van der Waals surface area contributed by atoms with Gasteiger partial charge in [-0.3, -0.25) is 4.79 Å². The summed E-state index contributed by atoms with van der Waals surface area (Å²) in [6.45, 7) is 0. The van der Waals surface area contributed by atoms with Crippen molar-refractivity contribution in [3.63, 3.8) is 0 Å². The molecule has 0 atom stereocenters. The summed E-state index contributed by atoms with van der Waals surface area (Å²) in [6, 6.07) is 4.96. The zero-order chi connectivity index (χ0) is 14.3. The van der Waals surface area contributed by atoms with Gasteiger partial charge in [0.25, 0.3) is 5.56 Å². The average molecular weight is 384 g/mol. The summed E-state index contributed by atoms with van der Waals surface area (Å²) < 4.78 is 5.67. The van der Waals surface area contributed by atoms with Crippen LogP contribution in [0.1, 0.15) is 24.5 Å². The molecule has 1 heterocycles. The van der Waals surface area contributed by atoms with E-state index >= 15 is 0 Å². The molecule has 1 aromatic heterocycles. The maximum Gasteiger partial charge on any atom is 0.264 e. The van der Waals surface area contributed by atoms with Crippen LogP contribution in [0.15, 0.2) is 23.0 Å². The van der Waals surface area contributed by atoms with E-state index in [2.05, 4.69) is 9.97 Å². The number of hydrogen-bond donors (Lipinski definition) is 2. The molecule has 2 N–H and O–H groups in total. The Labute approximate surface area is 129 Å². The lowest BCUT2D eigenvalue weighted by atomic mass is 10.1. The van der Waals surface area contributed by atoms with E-state index in [0.717, 1.165) is 18.5 Å². The molecule has 0 unspecified atom stereocenters. The third-order valence-electron chi connectivity index (χ3n) is 3.30. The first-order valence-corrected chi connectivity index (χ1v) is 7.35. The number of nitrogens with zero attached hydrogens (tertiary/aromatic N) is 1. The number of phenolic OH excluding ortho intramolecular Hbond substituents is 1. The Morgan fingerprint density at radius 1 is 1.45 bits per heavy atom. The normalized spacial score (nSPS) is 14.3. The standard InChI is InChI=1S/C14H13IN2O3/c1-20-10-5-4-8(6-9(10)18)13-16-12(7-2-3-7)11(15)14(19)17-13/h4-7,18H,2-3H2,1H3,(H,16,17,19). The number of nitrogens with one attached hydrogen (secondary N) is 1. The molecule has 1 aromatic carbocycles. The molecule has 3 rings (SSSR count). The molecule has 1 saturated carbocycles. The van der Waals surface area contributed by atoms with E-state index in [9.17, 15) is 9.90 Å². The molecule has 0 spiro atoms. The molecular weight excluding hydrogens is 371 g/mol. The van der Waals surface area contributed by atoms with Crippen LogP contribution in [0.2, 0.25) is 0 Å². The van der Waals surface area contributed by atoms with Crippen LogP contribution in [0.3, 0.4) is 0 Å². The van der Waals surface area contributed by atoms with Gasteiger partial charge in [-0.2, -0.15) is 0 Å². The first kappa shape index (κ1) is 13.4. The second-order valence-corrected chi connectivity index (χ2v) is 5.85. The van der Waals surface area contributed by atoms with Crippen LogP contribution in [0, 0.1) is 3.57 Å². The van der Waals surface area contributed by atoms with Crippen molar-refractivity contribution >= 4 is 22.6 Å². The highest BCUT2D eigenvalue weighted by molar-refractivity contribution is 14.1. The molecule has 5 nitrogen and oxygen atoms in total. The molecule has 6 heteroatoms. The number of aromatic amines is 1. The smallest absolute Gasteiger partial charge is 0.264 e. The van der Waals surface area contributed by atoms with Crippen LogP contribution in [-0.4, -0.2) is 22.2 Å². The number of aromatic nitrogens is 2. The van der Waals surface area contributed by atoms with Crippen molar-refractivity contribution < 1.29 is 9.84 Å². The molecule has 1 fully saturated rings. The summed E-state index contributed by atoms with van der Waals surface area (Å²) in [5, 5.41) is 9.82. The van der Waals surface area contributed by atoms with Crippen LogP contribution >= 0.6 is 22.6 Å². The van der Waals surface area contributed by atoms with Crippen molar-refractivity contribution in [2.45, 2.75) is 18.8 Å². The van der Waals surface area contributed by atoms with E-state index < -0.39 is 0 Å². The fraction of sp³-hybridized carbons (Fsp3) is 0.286. The summed E-state index contributed by atoms with van der Waals surface area (Å²) in [5.41, 5.74) is 1.39. The second kappa shape index (κ2) is 5.08. The first-order chi connectivity index (χ1) is 9.60. The lowest BCUT2D eigenvalue weighted by Crippen LogP contribution is -2.15. The molecule has 0 amide bonds. The molecule has 0 aliphatic heterocycles. The largest absolute Gasteiger partial charge is 0.504 e. The number of benzene rings is 1. The first-order valence-electron chi connectivity index (χ1n) is 6.27. The van der Waals surface area contributed by atoms with Gasteiger partial charge in [-0.1, -0.05) is 0 Å². The predicted molar refractivity (Wildman–Crippen MR) is 83.2 cm³/mol. The number of phenols is 1. The maximum absolute atomic E-state index is 12.0. The molecule has 0 radical (unpaired) electrons. The molecule has 20 heavy (non-hydrogen) atoms. The number of H-pyrrole nitrogens is 1. The van der Waals surface area contributed by atoms with E-state index in [1.807, 2.05) is 22.6 Å². The number of halogens is 1. The van der Waals surface area contributed by atoms with Gasteiger partial charge in [0.1, 0.15) is 5.82 Å². The highest BCUT2D eigenvalue weighted by Gasteiger charge is 2.29. The quantitative estimate of drug-likeness (QED) is 0.798. The van der Waals surface area contributed by atoms with Gasteiger partial charge in [0, 0.05) is 11.5 Å². The fourth-order valence-corrected chi connectivity index (χ4v) is 2.77. The SMILES string of the molecule is COc1ccc(-c2nc(C3CC3)c(I)c(=O)[nH]2)cc1O. The number of ether oxygens (including phenoxy) is 1. The molecule has 0 saturated heterocycles. The predicted octanol–water partition coefficient (Wildman–Crippen LogP) is 2.63. The van der Waals surface area contributed by atoms with Gasteiger partial charge in [-0.05, 0) is 53.6 Å². The molecule has 1 aliphatic carbocycles. The monoisotopic (exact) mass is 384 g/mol. The summed E-state index contributed by atoms with van der Waals surface area (Å²) in [5.74, 6) is 1.30. The molecule has 104 valence electrons. The fourth-order valence-electron chi connectivity index (χ4n) is 2.08. The minimum absolute atomic E-state index is 0.0270. The van der Waals surface area contributed by atoms with E-state index in [-0.39, 0.29) is 11.3 Å². The van der Waals surface area contributed by atoms with Crippen molar-refractivity contribution in [2.24, 2.45) is 0 Å². The van der Waals surface area contributed by atoms with Gasteiger partial charge in [-0.15, -0.1) is 0 Å². The van der Waals surface area contributed by atoms with Crippen LogP contribution < -0.4 is 10.3 Å². The Kier molecular flexibility index (Phi) is 3.41. The zero-order valence-electron chi connectivity index (χ0n) is 10.8. The van der Waals surface area contributed by atoms with Gasteiger partial charge in [0.05, 0.1) is 16.4 Å². The average Bonchev–Trinajstić information content (AvgIpc) is 3.26. The molecule has 2 aromatic rings. The maximum atomic E-state index is 12.0. The minimum atomic E-state index is -0.132. The van der Waals surface area contributed by atoms with Crippen LogP contribution in [0.25, 0.3) is 11.4 Å². The van der Waals surface area contributed by atoms with Gasteiger partial charge >= 0.3 is 0 Å². The Bertz CT molecular complexity index is 723. The summed E-state index contributed by atoms with van der Waals surface area (Å²) in [7, 11) is 1.49. The van der Waals surface area contributed by atoms with E-state index in [1.165, 1.54) is 7.11 Å². The van der Waals surface area contributed by atoms with E-state index in [4.69, 9.17) is 4.74 Å². The summed E-state index contributed by atoms with van der Waals surface area (Å²) in [6.07, 6.45) is 2.17. The van der Waals surface area contributed by atoms with Crippen molar-refractivity contribution in [1.29, 1.82) is 0 Å². The highest BCUT2D eigenvalue weighted by Crippen LogP contribution is 2.40. The lowest BCUT2D eigenvalue weighted by Gasteiger charge is -2.08. The Balaban J connectivity index is 2.10. The third-order valence-corrected chi connectivity index (χ3v) is 4.35. The molecule has 0 bridgehead atoms. The van der Waals surface area contributed by atoms with E-state index in [0.29, 0.717) is 26.6 Å². The van der Waals surface area contributed by atoms with Gasteiger partial charge in [0.15, 0.2) is 11.5 Å². The highest BCUT2D eigenvalue weighted by atomic mass is 127. The van der Waals surface area contributed by atoms with Crippen LogP contribution in [0.5, 0.6) is 11.5 Å². The van der Waals surface area contributed by atoms with Gasteiger partial charge < -0.3 is 14.8 Å². The van der Waals surface area contributed by atoms with Gasteiger partial charge in [0.2, 0.25) is 0 Å². The number of methoxy groups -OCH3 is 1. The molecule has 1 aliphatic rings. The third kappa shape index (κ3) is 2.39. The topological polar surface area (TPSA) is 75.2 Å². The van der Waals surface area contributed by atoms with Gasteiger partial charge in [-0.25, -0.2) is 4.98 Å². The van der Waals surface area contributed by atoms with Crippen molar-refractivity contribution in [1.82, 2.24) is 9.97 Å². The lowest BCUT2D eigenvalue weighted by molar-refractivity contribution is 0.373. The number of hydrogen-bond acceptors (Lipinski definition) is 4. The Morgan fingerprint density at radius 2 is 2.20 bits per heavy atom. The summed E-state index contributed by atoms with van der Waals surface area (Å²) >= 11 is 2.04. The zero-order valence-corrected chi connectivity index (χ0v) is 13.0. The van der Waals surface area contributed by atoms with Crippen molar-refractivity contribution in [3.8, 4) is 22.9 Å². The Morgan fingerprint density at radius 3 is 2.80 bits per heavy atom. The van der Waals surface area contributed by atoms with E-state index in [1.54, 1.807) is 18.2 Å². The number of aromatic hydroxyl groups is 1. The Hall–Kier alpha value is -1.57. The van der Waals surface area contributed by atoms with Crippen molar-refractivity contribution in [3.05, 3.63) is 37.8 Å². The molecular formula is C14H13IN2O3. The second-order valence-electron chi connectivity index (χ2n) is 4.77. The minimum Gasteiger partial charge on any atom is -0.504 e. The van der Waals surface area contributed by atoms with Crippen molar-refractivity contribution in [2.75, 3.05) is 7.11 Å². The van der Waals surface area contributed by atoms with Crippen LogP contribution in [0.4, 0.5) is 0 Å². The number of rotatable bonds is 3. The van der Waals surface area contributed by atoms with Crippen LogP contribution in [-0.2, 0) is 0 Å².